The van der Waals surface area contributed by atoms with Gasteiger partial charge in [0.15, 0.2) is 5.76 Å². The third kappa shape index (κ3) is 3.86. The number of nitriles is 1. The van der Waals surface area contributed by atoms with Gasteiger partial charge in [0.25, 0.3) is 0 Å². The van der Waals surface area contributed by atoms with Crippen molar-refractivity contribution in [2.24, 2.45) is 0 Å². The zero-order valence-corrected chi connectivity index (χ0v) is 21.1. The highest BCUT2D eigenvalue weighted by atomic mass is 28.4. The number of carbonyl (C=O) groups excluding carboxylic acids is 1. The van der Waals surface area contributed by atoms with Crippen molar-refractivity contribution >= 4 is 14.7 Å². The first-order chi connectivity index (χ1) is 13.5. The van der Waals surface area contributed by atoms with Gasteiger partial charge in [0.05, 0.1) is 18.0 Å². The van der Waals surface area contributed by atoms with E-state index in [4.69, 9.17) is 23.1 Å². The number of rotatable bonds is 4. The first-order valence-electron chi connectivity index (χ1n) is 10.1. The van der Waals surface area contributed by atoms with Crippen molar-refractivity contribution in [1.29, 1.82) is 5.26 Å². The second-order valence-corrected chi connectivity index (χ2v) is 14.5. The molecule has 170 valence electrons. The van der Waals surface area contributed by atoms with E-state index >= 15 is 0 Å². The van der Waals surface area contributed by atoms with Crippen LogP contribution in [0.25, 0.3) is 0 Å². The Labute approximate surface area is 181 Å². The number of fused-ring (bicyclic) bond motifs is 1. The molecule has 0 aromatic carbocycles. The molecule has 2 heterocycles. The Morgan fingerprint density at radius 1 is 1.17 bits per heavy atom. The average Bonchev–Trinajstić information content (AvgIpc) is 2.98. The van der Waals surface area contributed by atoms with Gasteiger partial charge in [0.1, 0.15) is 17.0 Å². The van der Waals surface area contributed by atoms with E-state index in [2.05, 4.69) is 6.07 Å². The predicted octanol–water partition coefficient (Wildman–Crippen LogP) is 4.35. The van der Waals surface area contributed by atoms with Crippen molar-refractivity contribution in [3.63, 3.8) is 0 Å². The van der Waals surface area contributed by atoms with Crippen LogP contribution in [0.2, 0.25) is 5.04 Å². The predicted molar refractivity (Wildman–Crippen MR) is 113 cm³/mol. The zero-order valence-electron chi connectivity index (χ0n) is 20.1. The fourth-order valence-corrected chi connectivity index (χ4v) is 7.87. The summed E-state index contributed by atoms with van der Waals surface area (Å²) in [4.78, 5) is 15.0. The van der Waals surface area contributed by atoms with Crippen LogP contribution in [0.1, 0.15) is 68.7 Å². The standard InChI is InChI=1S/C21H36N2O6Si/c1-18(2,3)29-17(24)23-16(30(25-10,26-11)19(4,5)6)14-15(21(23,9)12-13-22)28-20(7,8)27-14/h15H,12H2,1-11H3. The van der Waals surface area contributed by atoms with Gasteiger partial charge in [-0.15, -0.1) is 0 Å². The highest BCUT2D eigenvalue weighted by Crippen LogP contribution is 2.55. The van der Waals surface area contributed by atoms with Gasteiger partial charge in [0.2, 0.25) is 5.79 Å². The van der Waals surface area contributed by atoms with Crippen molar-refractivity contribution in [1.82, 2.24) is 4.90 Å². The van der Waals surface area contributed by atoms with Crippen LogP contribution in [-0.2, 0) is 23.1 Å². The smallest absolute Gasteiger partial charge is 0.415 e. The Kier molecular flexibility index (Phi) is 6.18. The number of nitrogens with zero attached hydrogens (tertiary/aromatic N) is 2. The van der Waals surface area contributed by atoms with E-state index in [1.807, 2.05) is 27.7 Å². The molecule has 1 saturated heterocycles. The lowest BCUT2D eigenvalue weighted by atomic mass is 9.92. The van der Waals surface area contributed by atoms with E-state index in [1.54, 1.807) is 48.8 Å². The van der Waals surface area contributed by atoms with Gasteiger partial charge in [-0.1, -0.05) is 20.8 Å². The third-order valence-corrected chi connectivity index (χ3v) is 9.63. The lowest BCUT2D eigenvalue weighted by Crippen LogP contribution is -2.61. The lowest BCUT2D eigenvalue weighted by molar-refractivity contribution is -0.154. The van der Waals surface area contributed by atoms with Crippen LogP contribution in [0.5, 0.6) is 0 Å². The molecule has 0 aliphatic carbocycles. The Balaban J connectivity index is 2.85. The van der Waals surface area contributed by atoms with Gasteiger partial charge in [-0.2, -0.15) is 5.26 Å². The van der Waals surface area contributed by atoms with Crippen molar-refractivity contribution in [2.45, 2.75) is 96.8 Å². The number of amides is 1. The van der Waals surface area contributed by atoms with Gasteiger partial charge >= 0.3 is 14.7 Å². The van der Waals surface area contributed by atoms with Gasteiger partial charge in [0, 0.05) is 33.1 Å². The minimum absolute atomic E-state index is 0.0192. The average molecular weight is 441 g/mol. The van der Waals surface area contributed by atoms with E-state index in [-0.39, 0.29) is 6.42 Å². The fraction of sp³-hybridized carbons (Fsp3) is 0.810. The highest BCUT2D eigenvalue weighted by Gasteiger charge is 2.69. The first kappa shape index (κ1) is 24.7. The molecule has 0 radical (unpaired) electrons. The third-order valence-electron chi connectivity index (χ3n) is 5.42. The van der Waals surface area contributed by atoms with Gasteiger partial charge in [-0.05, 0) is 27.7 Å². The molecule has 2 unspecified atom stereocenters. The highest BCUT2D eigenvalue weighted by molar-refractivity contribution is 6.78. The number of ether oxygens (including phenoxy) is 3. The topological polar surface area (TPSA) is 90.3 Å². The Bertz CT molecular complexity index is 770. The fourth-order valence-electron chi connectivity index (χ4n) is 4.24. The maximum absolute atomic E-state index is 13.5. The molecule has 0 spiro atoms. The normalized spacial score (nSPS) is 26.3. The molecular weight excluding hydrogens is 404 g/mol. The largest absolute Gasteiger partial charge is 0.463 e. The summed E-state index contributed by atoms with van der Waals surface area (Å²) >= 11 is 0. The second kappa shape index (κ2) is 7.52. The number of hydrogen-bond acceptors (Lipinski definition) is 7. The summed E-state index contributed by atoms with van der Waals surface area (Å²) in [5.74, 6) is -0.435. The van der Waals surface area contributed by atoms with E-state index in [9.17, 15) is 10.1 Å². The molecule has 2 aliphatic heterocycles. The summed E-state index contributed by atoms with van der Waals surface area (Å²) in [6.45, 7) is 16.8. The molecule has 2 atom stereocenters. The summed E-state index contributed by atoms with van der Waals surface area (Å²) in [5, 5.41) is 9.67. The van der Waals surface area contributed by atoms with Crippen molar-refractivity contribution < 1.29 is 27.9 Å². The molecule has 9 heteroatoms. The summed E-state index contributed by atoms with van der Waals surface area (Å²) in [6.07, 6.45) is -1.21. The minimum Gasteiger partial charge on any atom is -0.463 e. The first-order valence-corrected chi connectivity index (χ1v) is 11.9. The molecule has 8 nitrogen and oxygen atoms in total. The SMILES string of the molecule is CO[Si](OC)(C1=C2OC(C)(C)OC2C(C)(CC#N)N1C(=O)OC(C)(C)C)C(C)(C)C. The molecule has 30 heavy (non-hydrogen) atoms. The maximum Gasteiger partial charge on any atom is 0.415 e. The van der Waals surface area contributed by atoms with Crippen molar-refractivity contribution in [3.05, 3.63) is 11.1 Å². The van der Waals surface area contributed by atoms with Gasteiger partial charge in [-0.25, -0.2) is 4.79 Å². The summed E-state index contributed by atoms with van der Waals surface area (Å²) in [6, 6.07) is 2.21. The lowest BCUT2D eigenvalue weighted by Gasteiger charge is -2.46. The molecule has 2 aliphatic rings. The summed E-state index contributed by atoms with van der Waals surface area (Å²) < 4.78 is 30.3. The van der Waals surface area contributed by atoms with Gasteiger partial charge in [-0.3, -0.25) is 4.90 Å². The summed E-state index contributed by atoms with van der Waals surface area (Å²) in [7, 11) is -0.127. The van der Waals surface area contributed by atoms with Gasteiger partial charge < -0.3 is 23.1 Å². The van der Waals surface area contributed by atoms with Crippen LogP contribution in [0.4, 0.5) is 4.79 Å². The number of carbonyl (C=O) groups is 1. The zero-order chi connectivity index (χ0) is 23.3. The van der Waals surface area contributed by atoms with E-state index < -0.39 is 42.7 Å². The second-order valence-electron chi connectivity index (χ2n) is 10.5. The molecule has 1 amide bonds. The molecular formula is C21H36N2O6Si. The van der Waals surface area contributed by atoms with Crippen LogP contribution >= 0.6 is 0 Å². The number of hydrogen-bond donors (Lipinski definition) is 0. The quantitative estimate of drug-likeness (QED) is 0.600. The monoisotopic (exact) mass is 440 g/mol. The van der Waals surface area contributed by atoms with Crippen molar-refractivity contribution in [2.75, 3.05) is 14.2 Å². The van der Waals surface area contributed by atoms with E-state index in [1.165, 1.54) is 4.90 Å². The van der Waals surface area contributed by atoms with Crippen molar-refractivity contribution in [3.8, 4) is 6.07 Å². The molecule has 0 aromatic heterocycles. The van der Waals surface area contributed by atoms with Crippen LogP contribution in [-0.4, -0.2) is 56.8 Å². The molecule has 0 aromatic rings. The minimum atomic E-state index is -3.29. The van der Waals surface area contributed by atoms with E-state index in [0.717, 1.165) is 0 Å². The Morgan fingerprint density at radius 3 is 2.10 bits per heavy atom. The Morgan fingerprint density at radius 2 is 1.70 bits per heavy atom. The molecule has 1 fully saturated rings. The molecule has 0 bridgehead atoms. The van der Waals surface area contributed by atoms with E-state index in [0.29, 0.717) is 11.1 Å². The molecule has 0 N–H and O–H groups in total. The maximum atomic E-state index is 13.5. The Hall–Kier alpha value is -1.60. The van der Waals surface area contributed by atoms with Crippen LogP contribution in [0.15, 0.2) is 11.1 Å². The van der Waals surface area contributed by atoms with Crippen LogP contribution < -0.4 is 0 Å². The summed E-state index contributed by atoms with van der Waals surface area (Å²) in [5.41, 5.74) is -1.78. The van der Waals surface area contributed by atoms with Crippen LogP contribution in [0.3, 0.4) is 0 Å². The van der Waals surface area contributed by atoms with Crippen LogP contribution in [0, 0.1) is 11.3 Å². The molecule has 2 rings (SSSR count). The molecule has 0 saturated carbocycles.